The van der Waals surface area contributed by atoms with Gasteiger partial charge in [0.1, 0.15) is 5.75 Å². The second-order valence-corrected chi connectivity index (χ2v) is 6.96. The molecule has 0 bridgehead atoms. The highest BCUT2D eigenvalue weighted by atomic mass is 16.5. The number of ether oxygens (including phenoxy) is 1. The summed E-state index contributed by atoms with van der Waals surface area (Å²) in [6, 6.07) is 18.9. The van der Waals surface area contributed by atoms with E-state index in [0.29, 0.717) is 0 Å². The highest BCUT2D eigenvalue weighted by Crippen LogP contribution is 2.24. The summed E-state index contributed by atoms with van der Waals surface area (Å²) < 4.78 is 5.97. The van der Waals surface area contributed by atoms with Crippen molar-refractivity contribution in [3.05, 3.63) is 54.6 Å². The van der Waals surface area contributed by atoms with E-state index in [1.54, 1.807) is 0 Å². The maximum Gasteiger partial charge on any atom is 0.119 e. The van der Waals surface area contributed by atoms with Crippen LogP contribution in [0.4, 0.5) is 0 Å². The molecule has 2 aromatic carbocycles. The van der Waals surface area contributed by atoms with Gasteiger partial charge in [-0.1, -0.05) is 82.5 Å². The number of hydrogen-bond acceptors (Lipinski definition) is 1. The molecule has 0 saturated carbocycles. The summed E-state index contributed by atoms with van der Waals surface area (Å²) in [5, 5.41) is 0. The molecule has 0 aromatic heterocycles. The lowest BCUT2D eigenvalue weighted by Gasteiger charge is -2.13. The SMILES string of the molecule is CC(C)CCCC(C)CCOc1cccc(-c2ccccc2)c1. The van der Waals surface area contributed by atoms with Crippen molar-refractivity contribution in [1.29, 1.82) is 0 Å². The van der Waals surface area contributed by atoms with Gasteiger partial charge in [-0.05, 0) is 41.5 Å². The van der Waals surface area contributed by atoms with Crippen LogP contribution < -0.4 is 4.74 Å². The van der Waals surface area contributed by atoms with E-state index >= 15 is 0 Å². The molecule has 0 aliphatic rings. The molecule has 2 rings (SSSR count). The van der Waals surface area contributed by atoms with Gasteiger partial charge in [-0.15, -0.1) is 0 Å². The van der Waals surface area contributed by atoms with Gasteiger partial charge in [-0.3, -0.25) is 0 Å². The van der Waals surface area contributed by atoms with Gasteiger partial charge in [0, 0.05) is 0 Å². The van der Waals surface area contributed by atoms with Gasteiger partial charge in [0.25, 0.3) is 0 Å². The van der Waals surface area contributed by atoms with Gasteiger partial charge in [-0.2, -0.15) is 0 Å². The molecule has 124 valence electrons. The van der Waals surface area contributed by atoms with Crippen molar-refractivity contribution in [2.45, 2.75) is 46.5 Å². The van der Waals surface area contributed by atoms with Crippen LogP contribution in [-0.4, -0.2) is 6.61 Å². The van der Waals surface area contributed by atoms with Crippen molar-refractivity contribution in [2.75, 3.05) is 6.61 Å². The van der Waals surface area contributed by atoms with Crippen molar-refractivity contribution in [1.82, 2.24) is 0 Å². The van der Waals surface area contributed by atoms with Gasteiger partial charge in [0.05, 0.1) is 6.61 Å². The number of benzene rings is 2. The van der Waals surface area contributed by atoms with Gasteiger partial charge in [0.2, 0.25) is 0 Å². The van der Waals surface area contributed by atoms with Gasteiger partial charge < -0.3 is 4.74 Å². The van der Waals surface area contributed by atoms with Crippen LogP contribution >= 0.6 is 0 Å². The van der Waals surface area contributed by atoms with Crippen LogP contribution in [0.2, 0.25) is 0 Å². The summed E-state index contributed by atoms with van der Waals surface area (Å²) in [5.74, 6) is 2.53. The summed E-state index contributed by atoms with van der Waals surface area (Å²) in [6.45, 7) is 7.74. The average Bonchev–Trinajstić information content (AvgIpc) is 2.56. The zero-order chi connectivity index (χ0) is 16.5. The monoisotopic (exact) mass is 310 g/mol. The van der Waals surface area contributed by atoms with Crippen molar-refractivity contribution < 1.29 is 4.74 Å². The molecule has 1 heteroatoms. The first-order chi connectivity index (χ1) is 11.1. The normalized spacial score (nSPS) is 12.3. The van der Waals surface area contributed by atoms with Crippen LogP contribution in [0.1, 0.15) is 46.5 Å². The van der Waals surface area contributed by atoms with Gasteiger partial charge in [-0.25, -0.2) is 0 Å². The summed E-state index contributed by atoms with van der Waals surface area (Å²) in [4.78, 5) is 0. The Bertz CT molecular complexity index is 559. The lowest BCUT2D eigenvalue weighted by molar-refractivity contribution is 0.276. The Balaban J connectivity index is 1.78. The number of hydrogen-bond donors (Lipinski definition) is 0. The van der Waals surface area contributed by atoms with Crippen molar-refractivity contribution in [2.24, 2.45) is 11.8 Å². The number of rotatable bonds is 9. The van der Waals surface area contributed by atoms with Gasteiger partial charge >= 0.3 is 0 Å². The summed E-state index contributed by atoms with van der Waals surface area (Å²) >= 11 is 0. The molecule has 0 saturated heterocycles. The molecule has 1 atom stereocenters. The molecule has 0 spiro atoms. The van der Waals surface area contributed by atoms with Crippen LogP contribution in [0.25, 0.3) is 11.1 Å². The van der Waals surface area contributed by atoms with E-state index in [9.17, 15) is 0 Å². The molecular formula is C22H30O. The first-order valence-corrected chi connectivity index (χ1v) is 8.93. The zero-order valence-electron chi connectivity index (χ0n) is 14.8. The standard InChI is InChI=1S/C22H30O/c1-18(2)9-7-10-19(3)15-16-23-22-14-8-13-21(17-22)20-11-5-4-6-12-20/h4-6,8,11-14,17-19H,7,9-10,15-16H2,1-3H3. The fraction of sp³-hybridized carbons (Fsp3) is 0.455. The maximum atomic E-state index is 5.97. The lowest BCUT2D eigenvalue weighted by Crippen LogP contribution is -2.04. The molecule has 0 aliphatic carbocycles. The van der Waals surface area contributed by atoms with Crippen molar-refractivity contribution >= 4 is 0 Å². The van der Waals surface area contributed by atoms with Crippen LogP contribution in [0.3, 0.4) is 0 Å². The van der Waals surface area contributed by atoms with Crippen LogP contribution in [0.5, 0.6) is 5.75 Å². The lowest BCUT2D eigenvalue weighted by atomic mass is 9.98. The summed E-state index contributed by atoms with van der Waals surface area (Å²) in [6.07, 6.45) is 5.12. The van der Waals surface area contributed by atoms with E-state index in [1.807, 2.05) is 6.07 Å². The summed E-state index contributed by atoms with van der Waals surface area (Å²) in [5.41, 5.74) is 2.45. The minimum absolute atomic E-state index is 0.742. The molecule has 0 aliphatic heterocycles. The average molecular weight is 310 g/mol. The van der Waals surface area contributed by atoms with Crippen LogP contribution in [0.15, 0.2) is 54.6 Å². The Morgan fingerprint density at radius 3 is 2.26 bits per heavy atom. The topological polar surface area (TPSA) is 9.23 Å². The van der Waals surface area contributed by atoms with Crippen LogP contribution in [-0.2, 0) is 0 Å². The summed E-state index contributed by atoms with van der Waals surface area (Å²) in [7, 11) is 0. The van der Waals surface area contributed by atoms with Gasteiger partial charge in [0.15, 0.2) is 0 Å². The smallest absolute Gasteiger partial charge is 0.119 e. The first kappa shape index (κ1) is 17.6. The van der Waals surface area contributed by atoms with E-state index in [4.69, 9.17) is 4.74 Å². The van der Waals surface area contributed by atoms with E-state index in [0.717, 1.165) is 30.6 Å². The molecule has 0 heterocycles. The van der Waals surface area contributed by atoms with E-state index < -0.39 is 0 Å². The predicted molar refractivity (Wildman–Crippen MR) is 99.8 cm³/mol. The second-order valence-electron chi connectivity index (χ2n) is 6.96. The van der Waals surface area contributed by atoms with E-state index in [1.165, 1.54) is 30.4 Å². The highest BCUT2D eigenvalue weighted by Gasteiger charge is 2.05. The largest absolute Gasteiger partial charge is 0.494 e. The predicted octanol–water partition coefficient (Wildman–Crippen LogP) is 6.58. The third-order valence-electron chi connectivity index (χ3n) is 4.30. The minimum atomic E-state index is 0.742. The third kappa shape index (κ3) is 6.48. The Morgan fingerprint density at radius 1 is 0.783 bits per heavy atom. The van der Waals surface area contributed by atoms with Crippen LogP contribution in [0, 0.1) is 11.8 Å². The fourth-order valence-electron chi connectivity index (χ4n) is 2.79. The molecule has 0 radical (unpaired) electrons. The molecule has 1 unspecified atom stereocenters. The molecule has 0 N–H and O–H groups in total. The second kappa shape index (κ2) is 9.39. The zero-order valence-corrected chi connectivity index (χ0v) is 14.8. The van der Waals surface area contributed by atoms with Crippen molar-refractivity contribution in [3.8, 4) is 16.9 Å². The molecule has 0 fully saturated rings. The molecule has 0 amide bonds. The Hall–Kier alpha value is -1.76. The molecule has 23 heavy (non-hydrogen) atoms. The Kier molecular flexibility index (Phi) is 7.19. The Labute approximate surface area is 141 Å². The first-order valence-electron chi connectivity index (χ1n) is 8.93. The Morgan fingerprint density at radius 2 is 1.52 bits per heavy atom. The van der Waals surface area contributed by atoms with E-state index in [2.05, 4.69) is 69.3 Å². The molecule has 1 nitrogen and oxygen atoms in total. The highest BCUT2D eigenvalue weighted by molar-refractivity contribution is 5.64. The van der Waals surface area contributed by atoms with E-state index in [-0.39, 0.29) is 0 Å². The molecule has 2 aromatic rings. The maximum absolute atomic E-state index is 5.97. The minimum Gasteiger partial charge on any atom is -0.494 e. The quantitative estimate of drug-likeness (QED) is 0.508. The third-order valence-corrected chi connectivity index (χ3v) is 4.30. The molecular weight excluding hydrogens is 280 g/mol. The fourth-order valence-corrected chi connectivity index (χ4v) is 2.79. The van der Waals surface area contributed by atoms with Crippen molar-refractivity contribution in [3.63, 3.8) is 0 Å².